The zero-order chi connectivity index (χ0) is 32.1. The Bertz CT molecular complexity index is 2120. The van der Waals surface area contributed by atoms with Gasteiger partial charge in [-0.15, -0.1) is 0 Å². The highest BCUT2D eigenvalue weighted by Crippen LogP contribution is 2.30. The fourth-order valence-electron chi connectivity index (χ4n) is 4.59. The van der Waals surface area contributed by atoms with E-state index in [2.05, 4.69) is 9.97 Å². The monoisotopic (exact) mass is 644 g/mol. The van der Waals surface area contributed by atoms with Crippen LogP contribution in [-0.4, -0.2) is 35.4 Å². The van der Waals surface area contributed by atoms with E-state index in [1.54, 1.807) is 12.1 Å². The topological polar surface area (TPSA) is 143 Å². The summed E-state index contributed by atoms with van der Waals surface area (Å²) in [6, 6.07) is 25.3. The van der Waals surface area contributed by atoms with E-state index in [4.69, 9.17) is 28.4 Å². The normalized spacial score (nSPS) is 10.8. The fourth-order valence-corrected chi connectivity index (χ4v) is 5.14. The van der Waals surface area contributed by atoms with E-state index in [1.165, 1.54) is 40.8 Å². The number of nitrogens with one attached hydrogen (secondary N) is 1. The van der Waals surface area contributed by atoms with Crippen molar-refractivity contribution in [3.05, 3.63) is 139 Å². The number of rotatable bonds is 6. The van der Waals surface area contributed by atoms with Crippen molar-refractivity contribution < 1.29 is 15.2 Å². The van der Waals surface area contributed by atoms with E-state index in [1.807, 2.05) is 66.1 Å². The van der Waals surface area contributed by atoms with Gasteiger partial charge in [-0.2, -0.15) is 5.06 Å². The Morgan fingerprint density at radius 3 is 1.69 bits per heavy atom. The Balaban J connectivity index is 0.000000179. The zero-order valence-electron chi connectivity index (χ0n) is 23.8. The van der Waals surface area contributed by atoms with Gasteiger partial charge < -0.3 is 0 Å². The molecule has 228 valence electrons. The lowest BCUT2D eigenvalue weighted by molar-refractivity contribution is -0.121. The van der Waals surface area contributed by atoms with Crippen LogP contribution < -0.4 is 21.7 Å². The van der Waals surface area contributed by atoms with Gasteiger partial charge >= 0.3 is 0 Å². The molecular weight excluding hydrogens is 619 g/mol. The first-order chi connectivity index (χ1) is 21.7. The Morgan fingerprint density at radius 1 is 0.756 bits per heavy atom. The third-order valence-electron chi connectivity index (χ3n) is 6.89. The van der Waals surface area contributed by atoms with E-state index in [9.17, 15) is 19.6 Å². The first kappa shape index (κ1) is 31.4. The Morgan fingerprint density at radius 2 is 1.22 bits per heavy atom. The maximum absolute atomic E-state index is 12.6. The highest BCUT2D eigenvalue weighted by molar-refractivity contribution is 6.38. The SMILES string of the molecule is CC(=O)N(O)c1ccc2c(=O)n(Cc3ccccc3)cnc2c1Cl.O=c1c2ccc(NO)c(Cl)c2ncn1Cc1ccccc1. The van der Waals surface area contributed by atoms with Crippen LogP contribution in [0.25, 0.3) is 21.8 Å². The Labute approximate surface area is 266 Å². The van der Waals surface area contributed by atoms with Crippen LogP contribution in [0.5, 0.6) is 0 Å². The van der Waals surface area contributed by atoms with Crippen LogP contribution in [0.3, 0.4) is 0 Å². The lowest BCUT2D eigenvalue weighted by atomic mass is 10.2. The molecule has 1 amide bonds. The fraction of sp³-hybridized carbons (Fsp3) is 0.0938. The molecule has 0 bridgehead atoms. The highest BCUT2D eigenvalue weighted by atomic mass is 35.5. The number of hydroxylamine groups is 1. The molecule has 6 rings (SSSR count). The third kappa shape index (κ3) is 6.71. The van der Waals surface area contributed by atoms with Crippen molar-refractivity contribution in [1.82, 2.24) is 19.1 Å². The minimum absolute atomic E-state index is 0.0501. The third-order valence-corrected chi connectivity index (χ3v) is 7.64. The largest absolute Gasteiger partial charge is 0.294 e. The van der Waals surface area contributed by atoms with E-state index < -0.39 is 5.91 Å². The Hall–Kier alpha value is -5.07. The number of nitrogens with zero attached hydrogens (tertiary/aromatic N) is 5. The quantitative estimate of drug-likeness (QED) is 0.154. The summed E-state index contributed by atoms with van der Waals surface area (Å²) in [5, 5.41) is 20.1. The van der Waals surface area contributed by atoms with Gasteiger partial charge in [0.15, 0.2) is 0 Å². The summed E-state index contributed by atoms with van der Waals surface area (Å²) in [6.07, 6.45) is 2.87. The van der Waals surface area contributed by atoms with Crippen LogP contribution in [-0.2, 0) is 17.9 Å². The van der Waals surface area contributed by atoms with Crippen molar-refractivity contribution in [2.24, 2.45) is 0 Å². The molecule has 0 saturated carbocycles. The average molecular weight is 646 g/mol. The molecule has 45 heavy (non-hydrogen) atoms. The van der Waals surface area contributed by atoms with Crippen molar-refractivity contribution in [3.8, 4) is 0 Å². The van der Waals surface area contributed by atoms with Crippen molar-refractivity contribution in [3.63, 3.8) is 0 Å². The second kappa shape index (κ2) is 13.7. The number of halogens is 2. The number of benzene rings is 4. The summed E-state index contributed by atoms with van der Waals surface area (Å²) in [7, 11) is 0. The molecular formula is C32H26Cl2N6O5. The molecule has 0 atom stereocenters. The molecule has 0 aliphatic carbocycles. The molecule has 0 radical (unpaired) electrons. The van der Waals surface area contributed by atoms with Crippen LogP contribution in [0, 0.1) is 0 Å². The summed E-state index contributed by atoms with van der Waals surface area (Å²) < 4.78 is 3.01. The molecule has 0 spiro atoms. The van der Waals surface area contributed by atoms with Gasteiger partial charge in [-0.3, -0.25) is 39.4 Å². The van der Waals surface area contributed by atoms with E-state index in [0.717, 1.165) is 11.1 Å². The smallest absolute Gasteiger partial charge is 0.261 e. The van der Waals surface area contributed by atoms with Crippen LogP contribution in [0.15, 0.2) is 107 Å². The van der Waals surface area contributed by atoms with Crippen LogP contribution in [0.4, 0.5) is 11.4 Å². The Kier molecular flexibility index (Phi) is 9.55. The number of anilines is 2. The number of hydrogen-bond acceptors (Lipinski definition) is 8. The second-order valence-electron chi connectivity index (χ2n) is 9.89. The second-order valence-corrected chi connectivity index (χ2v) is 10.6. The molecule has 0 aliphatic heterocycles. The molecule has 2 aromatic heterocycles. The molecule has 0 saturated heterocycles. The molecule has 0 unspecified atom stereocenters. The van der Waals surface area contributed by atoms with Gasteiger partial charge in [0.05, 0.1) is 69.0 Å². The standard InChI is InChI=1S/C17H14ClN3O3.C15H12ClN3O2/c1-11(22)21(24)14-8-7-13-16(15(14)18)19-10-20(17(13)23)9-12-5-3-2-4-6-12;16-13-12(18-21)7-6-11-14(13)17-9-19(15(11)20)8-10-4-2-1-3-5-10/h2-8,10,24H,9H2,1H3;1-7,9,18,21H,8H2. The highest BCUT2D eigenvalue weighted by Gasteiger charge is 2.17. The van der Waals surface area contributed by atoms with Gasteiger partial charge in [0.25, 0.3) is 11.1 Å². The van der Waals surface area contributed by atoms with Crippen molar-refractivity contribution in [1.29, 1.82) is 0 Å². The predicted molar refractivity (Wildman–Crippen MR) is 173 cm³/mol. The van der Waals surface area contributed by atoms with Crippen LogP contribution in [0.2, 0.25) is 10.0 Å². The van der Waals surface area contributed by atoms with Gasteiger partial charge in [-0.1, -0.05) is 83.9 Å². The number of hydrogen-bond donors (Lipinski definition) is 3. The van der Waals surface area contributed by atoms with Gasteiger partial charge in [-0.25, -0.2) is 9.97 Å². The molecule has 0 aliphatic rings. The van der Waals surface area contributed by atoms with Crippen LogP contribution >= 0.6 is 23.2 Å². The van der Waals surface area contributed by atoms with E-state index in [-0.39, 0.29) is 32.4 Å². The number of carbonyl (C=O) groups is 1. The minimum Gasteiger partial charge on any atom is -0.294 e. The van der Waals surface area contributed by atoms with Crippen LogP contribution in [0.1, 0.15) is 18.1 Å². The van der Waals surface area contributed by atoms with Crippen molar-refractivity contribution >= 4 is 62.3 Å². The minimum atomic E-state index is -0.589. The van der Waals surface area contributed by atoms with Crippen molar-refractivity contribution in [2.75, 3.05) is 10.5 Å². The summed E-state index contributed by atoms with van der Waals surface area (Å²) in [4.78, 5) is 44.8. The maximum Gasteiger partial charge on any atom is 0.261 e. The maximum atomic E-state index is 12.6. The first-order valence-electron chi connectivity index (χ1n) is 13.5. The van der Waals surface area contributed by atoms with Gasteiger partial charge in [-0.05, 0) is 35.4 Å². The first-order valence-corrected chi connectivity index (χ1v) is 14.3. The van der Waals surface area contributed by atoms with E-state index >= 15 is 0 Å². The number of amides is 1. The molecule has 0 fully saturated rings. The molecule has 11 nitrogen and oxygen atoms in total. The van der Waals surface area contributed by atoms with Gasteiger partial charge in [0.2, 0.25) is 5.91 Å². The number of fused-ring (bicyclic) bond motifs is 2. The summed E-state index contributed by atoms with van der Waals surface area (Å²) in [5.41, 5.74) is 4.56. The predicted octanol–water partition coefficient (Wildman–Crippen LogP) is 5.74. The average Bonchev–Trinajstić information content (AvgIpc) is 3.05. The molecule has 3 N–H and O–H groups in total. The molecule has 13 heteroatoms. The van der Waals surface area contributed by atoms with E-state index in [0.29, 0.717) is 40.1 Å². The molecule has 6 aromatic rings. The van der Waals surface area contributed by atoms with Crippen molar-refractivity contribution in [2.45, 2.75) is 20.0 Å². The lowest BCUT2D eigenvalue weighted by Crippen LogP contribution is -2.25. The zero-order valence-corrected chi connectivity index (χ0v) is 25.3. The summed E-state index contributed by atoms with van der Waals surface area (Å²) in [6.45, 7) is 2.04. The molecule has 4 aromatic carbocycles. The number of aromatic nitrogens is 4. The lowest BCUT2D eigenvalue weighted by Gasteiger charge is -2.15. The van der Waals surface area contributed by atoms with Gasteiger partial charge in [0.1, 0.15) is 0 Å². The summed E-state index contributed by atoms with van der Waals surface area (Å²) >= 11 is 12.3. The number of carbonyl (C=O) groups excluding carboxylic acids is 1. The summed E-state index contributed by atoms with van der Waals surface area (Å²) in [5.74, 6) is -0.589. The van der Waals surface area contributed by atoms with Gasteiger partial charge in [0, 0.05) is 6.92 Å². The molecule has 2 heterocycles.